The van der Waals surface area contributed by atoms with Crippen molar-refractivity contribution < 1.29 is 18.3 Å². The summed E-state index contributed by atoms with van der Waals surface area (Å²) in [7, 11) is 0. The summed E-state index contributed by atoms with van der Waals surface area (Å²) < 4.78 is 34.6. The molecule has 0 unspecified atom stereocenters. The standard InChI is InChI=1S/C10H10ClF2NO2/c11-6-2-9-8(15-4-16-9)1-5(6)7(14)3-10(12)13/h1-2,7,10H,3-4,14H2/t7-/m1/s1. The molecule has 88 valence electrons. The number of halogens is 3. The normalized spacial score (nSPS) is 15.6. The molecule has 0 amide bonds. The van der Waals surface area contributed by atoms with Gasteiger partial charge in [-0.05, 0) is 11.6 Å². The van der Waals surface area contributed by atoms with Gasteiger partial charge in [0.15, 0.2) is 11.5 Å². The molecule has 1 aliphatic heterocycles. The van der Waals surface area contributed by atoms with Crippen molar-refractivity contribution >= 4 is 11.6 Å². The first-order chi connectivity index (χ1) is 7.58. The van der Waals surface area contributed by atoms with Crippen LogP contribution in [0.5, 0.6) is 11.5 Å². The molecular formula is C10H10ClF2NO2. The number of ether oxygens (including phenoxy) is 2. The maximum absolute atomic E-state index is 12.2. The Morgan fingerprint density at radius 3 is 2.56 bits per heavy atom. The Bertz CT molecular complexity index is 401. The Balaban J connectivity index is 2.27. The number of benzene rings is 1. The quantitative estimate of drug-likeness (QED) is 0.896. The van der Waals surface area contributed by atoms with Crippen LogP contribution >= 0.6 is 11.6 Å². The molecule has 1 atom stereocenters. The average molecular weight is 250 g/mol. The number of rotatable bonds is 3. The molecule has 2 rings (SSSR count). The second-order valence-electron chi connectivity index (χ2n) is 3.46. The van der Waals surface area contributed by atoms with Crippen molar-refractivity contribution in [3.05, 3.63) is 22.7 Å². The predicted molar refractivity (Wildman–Crippen MR) is 55.1 cm³/mol. The first-order valence-electron chi connectivity index (χ1n) is 4.70. The molecule has 0 radical (unpaired) electrons. The van der Waals surface area contributed by atoms with Crippen LogP contribution in [0.4, 0.5) is 8.78 Å². The molecule has 6 heteroatoms. The van der Waals surface area contributed by atoms with E-state index in [1.165, 1.54) is 6.07 Å². The van der Waals surface area contributed by atoms with E-state index in [1.807, 2.05) is 0 Å². The molecule has 1 aliphatic rings. The third-order valence-corrected chi connectivity index (χ3v) is 2.65. The van der Waals surface area contributed by atoms with Gasteiger partial charge in [0, 0.05) is 23.6 Å². The molecule has 0 saturated heterocycles. The van der Waals surface area contributed by atoms with E-state index in [9.17, 15) is 8.78 Å². The van der Waals surface area contributed by atoms with Crippen LogP contribution in [0.3, 0.4) is 0 Å². The number of alkyl halides is 2. The van der Waals surface area contributed by atoms with E-state index in [-0.39, 0.29) is 6.79 Å². The molecule has 0 fully saturated rings. The zero-order valence-corrected chi connectivity index (χ0v) is 9.01. The van der Waals surface area contributed by atoms with Crippen LogP contribution in [0, 0.1) is 0 Å². The van der Waals surface area contributed by atoms with E-state index >= 15 is 0 Å². The van der Waals surface area contributed by atoms with Gasteiger partial charge in [-0.3, -0.25) is 0 Å². The lowest BCUT2D eigenvalue weighted by Gasteiger charge is -2.13. The highest BCUT2D eigenvalue weighted by molar-refractivity contribution is 6.31. The predicted octanol–water partition coefficient (Wildman–Crippen LogP) is 2.72. The molecule has 1 aromatic carbocycles. The van der Waals surface area contributed by atoms with Crippen molar-refractivity contribution in [2.45, 2.75) is 18.9 Å². The van der Waals surface area contributed by atoms with Crippen LogP contribution in [-0.2, 0) is 0 Å². The molecule has 2 N–H and O–H groups in total. The van der Waals surface area contributed by atoms with Gasteiger partial charge in [-0.15, -0.1) is 0 Å². The minimum absolute atomic E-state index is 0.110. The van der Waals surface area contributed by atoms with Crippen molar-refractivity contribution in [2.24, 2.45) is 5.73 Å². The lowest BCUT2D eigenvalue weighted by molar-refractivity contribution is 0.128. The van der Waals surface area contributed by atoms with Gasteiger partial charge >= 0.3 is 0 Å². The fourth-order valence-electron chi connectivity index (χ4n) is 1.54. The van der Waals surface area contributed by atoms with Gasteiger partial charge in [-0.1, -0.05) is 11.6 Å². The largest absolute Gasteiger partial charge is 0.454 e. The minimum atomic E-state index is -2.46. The van der Waals surface area contributed by atoms with E-state index in [1.54, 1.807) is 6.07 Å². The van der Waals surface area contributed by atoms with Gasteiger partial charge in [-0.2, -0.15) is 0 Å². The fourth-order valence-corrected chi connectivity index (χ4v) is 1.83. The number of hydrogen-bond acceptors (Lipinski definition) is 3. The molecule has 16 heavy (non-hydrogen) atoms. The Morgan fingerprint density at radius 2 is 1.94 bits per heavy atom. The molecule has 0 aliphatic carbocycles. The molecule has 1 aromatic rings. The Morgan fingerprint density at radius 1 is 1.31 bits per heavy atom. The first kappa shape index (κ1) is 11.4. The summed E-state index contributed by atoms with van der Waals surface area (Å²) in [5, 5.41) is 0.317. The topological polar surface area (TPSA) is 44.5 Å². The van der Waals surface area contributed by atoms with E-state index in [2.05, 4.69) is 0 Å². The smallest absolute Gasteiger partial charge is 0.240 e. The summed E-state index contributed by atoms with van der Waals surface area (Å²) in [5.41, 5.74) is 6.08. The van der Waals surface area contributed by atoms with Gasteiger partial charge in [0.05, 0.1) is 0 Å². The summed E-state index contributed by atoms with van der Waals surface area (Å²) >= 11 is 5.93. The minimum Gasteiger partial charge on any atom is -0.454 e. The van der Waals surface area contributed by atoms with Crippen molar-refractivity contribution in [1.82, 2.24) is 0 Å². The Kier molecular flexibility index (Phi) is 3.16. The highest BCUT2D eigenvalue weighted by Crippen LogP contribution is 2.39. The van der Waals surface area contributed by atoms with Crippen LogP contribution in [0.25, 0.3) is 0 Å². The molecule has 0 bridgehead atoms. The number of nitrogens with two attached hydrogens (primary N) is 1. The van der Waals surface area contributed by atoms with Crippen molar-refractivity contribution in [3.63, 3.8) is 0 Å². The van der Waals surface area contributed by atoms with Gasteiger partial charge in [0.1, 0.15) is 0 Å². The highest BCUT2D eigenvalue weighted by Gasteiger charge is 2.21. The van der Waals surface area contributed by atoms with Gasteiger partial charge < -0.3 is 15.2 Å². The van der Waals surface area contributed by atoms with Crippen LogP contribution < -0.4 is 15.2 Å². The Labute approximate surface area is 96.1 Å². The van der Waals surface area contributed by atoms with Crippen LogP contribution in [0.2, 0.25) is 5.02 Å². The SMILES string of the molecule is N[C@H](CC(F)F)c1cc2c(cc1Cl)OCO2. The van der Waals surface area contributed by atoms with Crippen LogP contribution in [0.15, 0.2) is 12.1 Å². The van der Waals surface area contributed by atoms with Crippen LogP contribution in [-0.4, -0.2) is 13.2 Å². The molecule has 1 heterocycles. The van der Waals surface area contributed by atoms with Crippen molar-refractivity contribution in [3.8, 4) is 11.5 Å². The van der Waals surface area contributed by atoms with Crippen molar-refractivity contribution in [1.29, 1.82) is 0 Å². The van der Waals surface area contributed by atoms with Gasteiger partial charge in [-0.25, -0.2) is 8.78 Å². The molecule has 0 saturated carbocycles. The summed E-state index contributed by atoms with van der Waals surface area (Å²) in [6, 6.07) is 2.28. The number of fused-ring (bicyclic) bond motifs is 1. The summed E-state index contributed by atoms with van der Waals surface area (Å²) in [6.45, 7) is 0.110. The zero-order chi connectivity index (χ0) is 11.7. The molecular weight excluding hydrogens is 240 g/mol. The van der Waals surface area contributed by atoms with E-state index in [0.717, 1.165) is 0 Å². The van der Waals surface area contributed by atoms with Gasteiger partial charge in [0.25, 0.3) is 0 Å². The second kappa shape index (κ2) is 4.43. The average Bonchev–Trinajstić information content (AvgIpc) is 2.61. The van der Waals surface area contributed by atoms with E-state index in [4.69, 9.17) is 26.8 Å². The third-order valence-electron chi connectivity index (χ3n) is 2.32. The lowest BCUT2D eigenvalue weighted by Crippen LogP contribution is -2.14. The molecule has 0 aromatic heterocycles. The zero-order valence-electron chi connectivity index (χ0n) is 8.25. The lowest BCUT2D eigenvalue weighted by atomic mass is 10.0. The Hall–Kier alpha value is -1.07. The van der Waals surface area contributed by atoms with Crippen LogP contribution in [0.1, 0.15) is 18.0 Å². The second-order valence-corrected chi connectivity index (χ2v) is 3.87. The number of hydrogen-bond donors (Lipinski definition) is 1. The summed E-state index contributed by atoms with van der Waals surface area (Å²) in [5.74, 6) is 1.00. The maximum Gasteiger partial charge on any atom is 0.240 e. The van der Waals surface area contributed by atoms with Gasteiger partial charge in [0.2, 0.25) is 13.2 Å². The molecule has 3 nitrogen and oxygen atoms in total. The summed E-state index contributed by atoms with van der Waals surface area (Å²) in [6.07, 6.45) is -2.89. The van der Waals surface area contributed by atoms with E-state index in [0.29, 0.717) is 22.1 Å². The monoisotopic (exact) mass is 249 g/mol. The van der Waals surface area contributed by atoms with Crippen molar-refractivity contribution in [2.75, 3.05) is 6.79 Å². The fraction of sp³-hybridized carbons (Fsp3) is 0.400. The highest BCUT2D eigenvalue weighted by atomic mass is 35.5. The maximum atomic E-state index is 12.2. The third kappa shape index (κ3) is 2.20. The van der Waals surface area contributed by atoms with E-state index < -0.39 is 18.9 Å². The summed E-state index contributed by atoms with van der Waals surface area (Å²) in [4.78, 5) is 0. The molecule has 0 spiro atoms. The first-order valence-corrected chi connectivity index (χ1v) is 5.08.